The second-order valence-electron chi connectivity index (χ2n) is 5.36. The van der Waals surface area contributed by atoms with Crippen LogP contribution in [0.3, 0.4) is 0 Å². The molecule has 4 heteroatoms. The normalized spacial score (nSPS) is 18.0. The van der Waals surface area contributed by atoms with Crippen molar-refractivity contribution in [3.05, 3.63) is 30.1 Å². The molecule has 104 valence electrons. The van der Waals surface area contributed by atoms with Gasteiger partial charge in [0.1, 0.15) is 0 Å². The van der Waals surface area contributed by atoms with Crippen LogP contribution in [0.25, 0.3) is 0 Å². The first-order valence-corrected chi connectivity index (χ1v) is 7.04. The summed E-state index contributed by atoms with van der Waals surface area (Å²) in [6.45, 7) is 4.15. The minimum Gasteiger partial charge on any atom is -0.339 e. The largest absolute Gasteiger partial charge is 0.339 e. The summed E-state index contributed by atoms with van der Waals surface area (Å²) in [5.74, 6) is 0.789. The smallest absolute Gasteiger partial charge is 0.223 e. The lowest BCUT2D eigenvalue weighted by atomic mass is 9.94. The second-order valence-corrected chi connectivity index (χ2v) is 5.36. The van der Waals surface area contributed by atoms with E-state index in [9.17, 15) is 4.79 Å². The van der Waals surface area contributed by atoms with Crippen molar-refractivity contribution in [1.82, 2.24) is 15.2 Å². The number of hydrogen-bond donors (Lipinski definition) is 1. The van der Waals surface area contributed by atoms with Crippen molar-refractivity contribution in [2.75, 3.05) is 20.1 Å². The Morgan fingerprint density at radius 1 is 1.42 bits per heavy atom. The third kappa shape index (κ3) is 3.77. The van der Waals surface area contributed by atoms with Crippen molar-refractivity contribution >= 4 is 5.91 Å². The Bertz CT molecular complexity index is 401. The number of hydrogen-bond acceptors (Lipinski definition) is 3. The summed E-state index contributed by atoms with van der Waals surface area (Å²) < 4.78 is 0. The summed E-state index contributed by atoms with van der Waals surface area (Å²) in [5, 5.41) is 3.33. The van der Waals surface area contributed by atoms with Gasteiger partial charge in [0.05, 0.1) is 6.04 Å². The van der Waals surface area contributed by atoms with Gasteiger partial charge in [-0.15, -0.1) is 0 Å². The highest BCUT2D eigenvalue weighted by Crippen LogP contribution is 2.22. The van der Waals surface area contributed by atoms with E-state index in [1.807, 2.05) is 24.1 Å². The molecule has 1 saturated heterocycles. The molecule has 1 fully saturated rings. The lowest BCUT2D eigenvalue weighted by molar-refractivity contribution is -0.133. The van der Waals surface area contributed by atoms with Crippen LogP contribution in [0.1, 0.15) is 37.8 Å². The zero-order valence-corrected chi connectivity index (χ0v) is 11.8. The van der Waals surface area contributed by atoms with Crippen molar-refractivity contribution in [3.63, 3.8) is 0 Å². The van der Waals surface area contributed by atoms with Gasteiger partial charge in [-0.05, 0) is 56.5 Å². The Morgan fingerprint density at radius 3 is 2.68 bits per heavy atom. The highest BCUT2D eigenvalue weighted by Gasteiger charge is 2.22. The number of nitrogens with zero attached hydrogens (tertiary/aromatic N) is 2. The van der Waals surface area contributed by atoms with Crippen molar-refractivity contribution in [3.8, 4) is 0 Å². The van der Waals surface area contributed by atoms with Gasteiger partial charge in [-0.2, -0.15) is 0 Å². The van der Waals surface area contributed by atoms with Gasteiger partial charge in [0, 0.05) is 25.9 Å². The molecule has 1 unspecified atom stereocenters. The topological polar surface area (TPSA) is 45.2 Å². The molecule has 2 rings (SSSR count). The van der Waals surface area contributed by atoms with Crippen LogP contribution in [0.5, 0.6) is 0 Å². The molecule has 2 heterocycles. The zero-order valence-electron chi connectivity index (χ0n) is 11.8. The highest BCUT2D eigenvalue weighted by atomic mass is 16.2. The van der Waals surface area contributed by atoms with E-state index in [1.54, 1.807) is 12.4 Å². The first kappa shape index (κ1) is 14.0. The van der Waals surface area contributed by atoms with E-state index in [1.165, 1.54) is 0 Å². The van der Waals surface area contributed by atoms with Crippen molar-refractivity contribution in [1.29, 1.82) is 0 Å². The number of piperidine rings is 1. The van der Waals surface area contributed by atoms with Gasteiger partial charge < -0.3 is 10.2 Å². The molecule has 4 nitrogen and oxygen atoms in total. The fourth-order valence-electron chi connectivity index (χ4n) is 2.56. The predicted molar refractivity (Wildman–Crippen MR) is 75.6 cm³/mol. The Hall–Kier alpha value is -1.42. The van der Waals surface area contributed by atoms with Crippen molar-refractivity contribution < 1.29 is 4.79 Å². The molecule has 0 spiro atoms. The van der Waals surface area contributed by atoms with Crippen LogP contribution >= 0.6 is 0 Å². The molecule has 0 saturated carbocycles. The predicted octanol–water partition coefficient (Wildman–Crippen LogP) is 1.99. The summed E-state index contributed by atoms with van der Waals surface area (Å²) in [6.07, 6.45) is 6.45. The van der Waals surface area contributed by atoms with Gasteiger partial charge in [0.25, 0.3) is 0 Å². The summed E-state index contributed by atoms with van der Waals surface area (Å²) in [6, 6.07) is 4.05. The van der Waals surface area contributed by atoms with Gasteiger partial charge in [0.15, 0.2) is 0 Å². The van der Waals surface area contributed by atoms with Crippen LogP contribution in [0.4, 0.5) is 0 Å². The molecule has 0 bridgehead atoms. The second kappa shape index (κ2) is 6.66. The molecule has 0 aromatic carbocycles. The first-order chi connectivity index (χ1) is 9.18. The van der Waals surface area contributed by atoms with Gasteiger partial charge >= 0.3 is 0 Å². The highest BCUT2D eigenvalue weighted by molar-refractivity contribution is 5.76. The zero-order chi connectivity index (χ0) is 13.7. The summed E-state index contributed by atoms with van der Waals surface area (Å²) in [4.78, 5) is 18.2. The molecule has 0 aliphatic carbocycles. The Kier molecular flexibility index (Phi) is 4.91. The van der Waals surface area contributed by atoms with E-state index in [2.05, 4.69) is 17.2 Å². The van der Waals surface area contributed by atoms with E-state index >= 15 is 0 Å². The van der Waals surface area contributed by atoms with E-state index < -0.39 is 0 Å². The van der Waals surface area contributed by atoms with Gasteiger partial charge in [0.2, 0.25) is 5.91 Å². The van der Waals surface area contributed by atoms with Crippen LogP contribution in [0, 0.1) is 5.92 Å². The molecular formula is C15H23N3O. The summed E-state index contributed by atoms with van der Waals surface area (Å²) in [7, 11) is 1.90. The van der Waals surface area contributed by atoms with E-state index in [-0.39, 0.29) is 11.9 Å². The molecule has 1 aromatic rings. The molecule has 1 atom stereocenters. The average Bonchev–Trinajstić information content (AvgIpc) is 2.47. The molecule has 1 aliphatic rings. The van der Waals surface area contributed by atoms with Crippen LogP contribution < -0.4 is 5.32 Å². The monoisotopic (exact) mass is 261 g/mol. The van der Waals surface area contributed by atoms with Crippen molar-refractivity contribution in [2.45, 2.75) is 32.2 Å². The minimum absolute atomic E-state index is 0.109. The first-order valence-electron chi connectivity index (χ1n) is 7.04. The fraction of sp³-hybridized carbons (Fsp3) is 0.600. The number of rotatable bonds is 4. The number of aromatic nitrogens is 1. The Labute approximate surface area is 115 Å². The molecule has 19 heavy (non-hydrogen) atoms. The van der Waals surface area contributed by atoms with Gasteiger partial charge in [-0.25, -0.2) is 0 Å². The number of carbonyl (C=O) groups excluding carboxylic acids is 1. The summed E-state index contributed by atoms with van der Waals surface area (Å²) >= 11 is 0. The third-order valence-electron chi connectivity index (χ3n) is 4.08. The average molecular weight is 261 g/mol. The van der Waals surface area contributed by atoms with E-state index in [0.29, 0.717) is 12.3 Å². The quantitative estimate of drug-likeness (QED) is 0.901. The van der Waals surface area contributed by atoms with Crippen LogP contribution in [-0.2, 0) is 4.79 Å². The standard InChI is InChI=1S/C15H23N3O/c1-12(14-5-9-17-10-6-14)18(2)15(19)11-13-3-7-16-8-4-13/h5-6,9-10,12-13,16H,3-4,7-8,11H2,1-2H3. The molecule has 0 radical (unpaired) electrons. The van der Waals surface area contributed by atoms with Gasteiger partial charge in [-0.3, -0.25) is 9.78 Å². The maximum Gasteiger partial charge on any atom is 0.223 e. The maximum atomic E-state index is 12.3. The number of pyridine rings is 1. The number of carbonyl (C=O) groups is 1. The molecule has 1 amide bonds. The fourth-order valence-corrected chi connectivity index (χ4v) is 2.56. The number of nitrogens with one attached hydrogen (secondary N) is 1. The lowest BCUT2D eigenvalue weighted by Crippen LogP contribution is -2.34. The van der Waals surface area contributed by atoms with E-state index in [4.69, 9.17) is 0 Å². The minimum atomic E-state index is 0.109. The molecular weight excluding hydrogens is 238 g/mol. The maximum absolute atomic E-state index is 12.3. The summed E-state index contributed by atoms with van der Waals surface area (Å²) in [5.41, 5.74) is 1.14. The number of amides is 1. The SMILES string of the molecule is CC(c1ccncc1)N(C)C(=O)CC1CCNCC1. The molecule has 1 aromatic heterocycles. The van der Waals surface area contributed by atoms with Crippen molar-refractivity contribution in [2.24, 2.45) is 5.92 Å². The van der Waals surface area contributed by atoms with Crippen LogP contribution in [0.15, 0.2) is 24.5 Å². The Balaban J connectivity index is 1.91. The van der Waals surface area contributed by atoms with E-state index in [0.717, 1.165) is 31.5 Å². The third-order valence-corrected chi connectivity index (χ3v) is 4.08. The van der Waals surface area contributed by atoms with Gasteiger partial charge in [-0.1, -0.05) is 0 Å². The molecule has 1 N–H and O–H groups in total. The van der Waals surface area contributed by atoms with Crippen LogP contribution in [-0.4, -0.2) is 35.9 Å². The van der Waals surface area contributed by atoms with Crippen LogP contribution in [0.2, 0.25) is 0 Å². The Morgan fingerprint density at radius 2 is 2.05 bits per heavy atom. The molecule has 1 aliphatic heterocycles. The lowest BCUT2D eigenvalue weighted by Gasteiger charge is -2.28.